The molecule has 2 aromatic rings. The average molecular weight is 233 g/mol. The number of benzene rings is 1. The van der Waals surface area contributed by atoms with Gasteiger partial charge in [-0.2, -0.15) is 4.68 Å². The Morgan fingerprint density at radius 2 is 2.12 bits per heavy atom. The predicted molar refractivity (Wildman–Crippen MR) is 61.0 cm³/mol. The fourth-order valence-electron chi connectivity index (χ4n) is 1.32. The number of carbonyl (C=O) groups excluding carboxylic acids is 1. The molecular formula is C11H11N3O3. The maximum Gasteiger partial charge on any atom is 0.441 e. The minimum atomic E-state index is -0.546. The minimum absolute atomic E-state index is 0.0589. The molecule has 1 N–H and O–H groups in total. The zero-order valence-corrected chi connectivity index (χ0v) is 9.21. The second-order valence-corrected chi connectivity index (χ2v) is 3.37. The number of anilines is 1. The summed E-state index contributed by atoms with van der Waals surface area (Å²) >= 11 is 0. The number of amides is 1. The van der Waals surface area contributed by atoms with Crippen LogP contribution in [0.15, 0.2) is 39.9 Å². The van der Waals surface area contributed by atoms with Crippen LogP contribution in [0.2, 0.25) is 0 Å². The predicted octanol–water partition coefficient (Wildman–Crippen LogP) is 1.17. The van der Waals surface area contributed by atoms with Crippen molar-refractivity contribution in [1.29, 1.82) is 0 Å². The van der Waals surface area contributed by atoms with Gasteiger partial charge in [0.05, 0.1) is 5.69 Å². The van der Waals surface area contributed by atoms with E-state index in [2.05, 4.69) is 14.8 Å². The second kappa shape index (κ2) is 4.65. The summed E-state index contributed by atoms with van der Waals surface area (Å²) in [7, 11) is 0. The SMILES string of the molecule is CCC(=O)Nc1ccc(-n2ncoc2=O)cc1. The average Bonchev–Trinajstić information content (AvgIpc) is 2.76. The molecule has 0 spiro atoms. The molecule has 0 aliphatic heterocycles. The number of aromatic nitrogens is 2. The Hall–Kier alpha value is -2.37. The first-order chi connectivity index (χ1) is 8.20. The fraction of sp³-hybridized carbons (Fsp3) is 0.182. The highest BCUT2D eigenvalue weighted by Crippen LogP contribution is 2.11. The van der Waals surface area contributed by atoms with E-state index in [1.54, 1.807) is 31.2 Å². The van der Waals surface area contributed by atoms with Crippen molar-refractivity contribution >= 4 is 11.6 Å². The number of nitrogens with zero attached hydrogens (tertiary/aromatic N) is 2. The smallest absolute Gasteiger partial charge is 0.395 e. The molecule has 6 nitrogen and oxygen atoms in total. The van der Waals surface area contributed by atoms with Crippen molar-refractivity contribution in [3.05, 3.63) is 41.2 Å². The van der Waals surface area contributed by atoms with Gasteiger partial charge in [0.25, 0.3) is 0 Å². The Bertz CT molecular complexity index is 568. The molecule has 17 heavy (non-hydrogen) atoms. The van der Waals surface area contributed by atoms with E-state index < -0.39 is 5.76 Å². The number of nitrogens with one attached hydrogen (secondary N) is 1. The summed E-state index contributed by atoms with van der Waals surface area (Å²) in [5, 5.41) is 6.45. The lowest BCUT2D eigenvalue weighted by Crippen LogP contribution is -2.13. The van der Waals surface area contributed by atoms with E-state index in [9.17, 15) is 9.59 Å². The molecule has 0 aliphatic rings. The van der Waals surface area contributed by atoms with Crippen molar-refractivity contribution in [2.45, 2.75) is 13.3 Å². The number of hydrogen-bond acceptors (Lipinski definition) is 4. The van der Waals surface area contributed by atoms with E-state index >= 15 is 0 Å². The highest BCUT2D eigenvalue weighted by molar-refractivity contribution is 5.90. The van der Waals surface area contributed by atoms with Crippen molar-refractivity contribution in [3.8, 4) is 5.69 Å². The van der Waals surface area contributed by atoms with Crippen LogP contribution in [0.4, 0.5) is 5.69 Å². The molecule has 1 aromatic carbocycles. The van der Waals surface area contributed by atoms with Crippen LogP contribution in [0.3, 0.4) is 0 Å². The summed E-state index contributed by atoms with van der Waals surface area (Å²) in [6.45, 7) is 1.78. The monoisotopic (exact) mass is 233 g/mol. The molecule has 6 heteroatoms. The van der Waals surface area contributed by atoms with Crippen molar-refractivity contribution in [2.24, 2.45) is 0 Å². The number of rotatable bonds is 3. The minimum Gasteiger partial charge on any atom is -0.395 e. The van der Waals surface area contributed by atoms with E-state index in [1.165, 1.54) is 0 Å². The van der Waals surface area contributed by atoms with Gasteiger partial charge < -0.3 is 9.73 Å². The van der Waals surface area contributed by atoms with Gasteiger partial charge in [-0.3, -0.25) is 4.79 Å². The highest BCUT2D eigenvalue weighted by Gasteiger charge is 2.04. The first kappa shape index (κ1) is 11.1. The molecule has 2 rings (SSSR count). The third kappa shape index (κ3) is 2.41. The Morgan fingerprint density at radius 1 is 1.41 bits per heavy atom. The molecule has 0 atom stereocenters. The molecule has 0 bridgehead atoms. The van der Waals surface area contributed by atoms with Gasteiger partial charge in [-0.1, -0.05) is 6.92 Å². The van der Waals surface area contributed by atoms with Gasteiger partial charge >= 0.3 is 5.76 Å². The molecule has 0 aliphatic carbocycles. The molecule has 1 aromatic heterocycles. The van der Waals surface area contributed by atoms with Crippen LogP contribution in [0, 0.1) is 0 Å². The van der Waals surface area contributed by atoms with Crippen molar-refractivity contribution in [2.75, 3.05) is 5.32 Å². The van der Waals surface area contributed by atoms with Gasteiger partial charge in [0, 0.05) is 12.1 Å². The molecule has 1 amide bonds. The van der Waals surface area contributed by atoms with Crippen LogP contribution in [0.1, 0.15) is 13.3 Å². The summed E-state index contributed by atoms with van der Waals surface area (Å²) in [4.78, 5) is 22.3. The normalized spacial score (nSPS) is 10.2. The molecule has 0 saturated heterocycles. The van der Waals surface area contributed by atoms with E-state index in [4.69, 9.17) is 0 Å². The third-order valence-electron chi connectivity index (χ3n) is 2.21. The zero-order chi connectivity index (χ0) is 12.3. The summed E-state index contributed by atoms with van der Waals surface area (Å²) < 4.78 is 5.69. The van der Waals surface area contributed by atoms with Gasteiger partial charge in [0.1, 0.15) is 0 Å². The first-order valence-corrected chi connectivity index (χ1v) is 5.14. The summed E-state index contributed by atoms with van der Waals surface area (Å²) in [6.07, 6.45) is 1.50. The van der Waals surface area contributed by atoms with E-state index in [0.29, 0.717) is 17.8 Å². The molecule has 0 fully saturated rings. The molecule has 1 heterocycles. The van der Waals surface area contributed by atoms with Crippen LogP contribution in [-0.4, -0.2) is 15.7 Å². The van der Waals surface area contributed by atoms with Gasteiger partial charge in [-0.05, 0) is 24.3 Å². The fourth-order valence-corrected chi connectivity index (χ4v) is 1.32. The lowest BCUT2D eigenvalue weighted by atomic mass is 10.2. The second-order valence-electron chi connectivity index (χ2n) is 3.37. The van der Waals surface area contributed by atoms with Crippen molar-refractivity contribution in [3.63, 3.8) is 0 Å². The van der Waals surface area contributed by atoms with Gasteiger partial charge in [0.2, 0.25) is 12.3 Å². The van der Waals surface area contributed by atoms with Crippen LogP contribution in [0.5, 0.6) is 0 Å². The van der Waals surface area contributed by atoms with E-state index in [-0.39, 0.29) is 5.91 Å². The molecule has 0 saturated carbocycles. The van der Waals surface area contributed by atoms with Crippen molar-refractivity contribution in [1.82, 2.24) is 9.78 Å². The lowest BCUT2D eigenvalue weighted by Gasteiger charge is -2.04. The highest BCUT2D eigenvalue weighted by atomic mass is 16.4. The van der Waals surface area contributed by atoms with Crippen LogP contribution in [-0.2, 0) is 4.79 Å². The summed E-state index contributed by atoms with van der Waals surface area (Å²) in [5.74, 6) is -0.605. The van der Waals surface area contributed by atoms with E-state index in [0.717, 1.165) is 11.1 Å². The van der Waals surface area contributed by atoms with E-state index in [1.807, 2.05) is 0 Å². The Balaban J connectivity index is 2.22. The first-order valence-electron chi connectivity index (χ1n) is 5.14. The van der Waals surface area contributed by atoms with Crippen molar-refractivity contribution < 1.29 is 9.21 Å². The molecule has 88 valence electrons. The maximum absolute atomic E-state index is 11.2. The Morgan fingerprint density at radius 3 is 2.65 bits per heavy atom. The Labute approximate surface area is 96.9 Å². The molecule has 0 unspecified atom stereocenters. The Kier molecular flexibility index (Phi) is 3.04. The van der Waals surface area contributed by atoms with Crippen LogP contribution in [0.25, 0.3) is 5.69 Å². The largest absolute Gasteiger partial charge is 0.441 e. The van der Waals surface area contributed by atoms with Crippen LogP contribution < -0.4 is 11.1 Å². The quantitative estimate of drug-likeness (QED) is 0.863. The third-order valence-corrected chi connectivity index (χ3v) is 2.21. The topological polar surface area (TPSA) is 77.1 Å². The number of hydrogen-bond donors (Lipinski definition) is 1. The van der Waals surface area contributed by atoms with Crippen LogP contribution >= 0.6 is 0 Å². The summed E-state index contributed by atoms with van der Waals surface area (Å²) in [6, 6.07) is 6.75. The molecular weight excluding hydrogens is 222 g/mol. The summed E-state index contributed by atoms with van der Waals surface area (Å²) in [5.41, 5.74) is 1.26. The lowest BCUT2D eigenvalue weighted by molar-refractivity contribution is -0.115. The van der Waals surface area contributed by atoms with Gasteiger partial charge in [-0.25, -0.2) is 4.79 Å². The zero-order valence-electron chi connectivity index (χ0n) is 9.21. The maximum atomic E-state index is 11.2. The molecule has 0 radical (unpaired) electrons. The number of carbonyl (C=O) groups is 1. The standard InChI is InChI=1S/C11H11N3O3/c1-2-10(15)13-8-3-5-9(6-4-8)14-11(16)17-7-12-14/h3-7H,2H2,1H3,(H,13,15). The van der Waals surface area contributed by atoms with Gasteiger partial charge in [0.15, 0.2) is 0 Å². The van der Waals surface area contributed by atoms with Gasteiger partial charge in [-0.15, -0.1) is 5.10 Å².